The van der Waals surface area contributed by atoms with Crippen molar-refractivity contribution in [1.29, 1.82) is 0 Å². The zero-order valence-electron chi connectivity index (χ0n) is 11.0. The molecule has 0 heterocycles. The molecule has 1 N–H and O–H groups in total. The standard InChI is InChI=1S/C15H13BrClF2N/c1-8-5-14(19)11(16)7-15(8)20-9(2)10-3-4-13(18)12(17)6-10/h3-7,9,20H,1-2H3. The van der Waals surface area contributed by atoms with Crippen LogP contribution in [0, 0.1) is 18.6 Å². The van der Waals surface area contributed by atoms with E-state index in [0.29, 0.717) is 4.47 Å². The molecule has 2 aromatic rings. The number of anilines is 1. The molecule has 2 rings (SSSR count). The molecule has 2 aromatic carbocycles. The molecular weight excluding hydrogens is 348 g/mol. The normalized spacial score (nSPS) is 12.3. The first-order chi connectivity index (χ1) is 9.38. The van der Waals surface area contributed by atoms with Crippen LogP contribution in [0.15, 0.2) is 34.8 Å². The van der Waals surface area contributed by atoms with Crippen LogP contribution in [0.25, 0.3) is 0 Å². The molecule has 0 aliphatic rings. The molecule has 0 aliphatic carbocycles. The minimum Gasteiger partial charge on any atom is -0.378 e. The lowest BCUT2D eigenvalue weighted by atomic mass is 10.1. The van der Waals surface area contributed by atoms with Gasteiger partial charge in [0.1, 0.15) is 11.6 Å². The molecule has 106 valence electrons. The minimum absolute atomic E-state index is 0.0795. The van der Waals surface area contributed by atoms with Crippen molar-refractivity contribution in [3.05, 3.63) is 62.6 Å². The lowest BCUT2D eigenvalue weighted by Crippen LogP contribution is -2.08. The van der Waals surface area contributed by atoms with Crippen LogP contribution < -0.4 is 5.32 Å². The summed E-state index contributed by atoms with van der Waals surface area (Å²) < 4.78 is 26.9. The van der Waals surface area contributed by atoms with Crippen molar-refractivity contribution >= 4 is 33.2 Å². The summed E-state index contributed by atoms with van der Waals surface area (Å²) >= 11 is 8.94. The molecule has 20 heavy (non-hydrogen) atoms. The van der Waals surface area contributed by atoms with Crippen molar-refractivity contribution in [2.45, 2.75) is 19.9 Å². The molecule has 0 saturated carbocycles. The Hall–Kier alpha value is -1.13. The molecule has 0 spiro atoms. The van der Waals surface area contributed by atoms with Gasteiger partial charge in [-0.2, -0.15) is 0 Å². The number of aryl methyl sites for hydroxylation is 1. The van der Waals surface area contributed by atoms with Crippen molar-refractivity contribution in [3.8, 4) is 0 Å². The summed E-state index contributed by atoms with van der Waals surface area (Å²) in [5.41, 5.74) is 2.47. The summed E-state index contributed by atoms with van der Waals surface area (Å²) in [5, 5.41) is 3.35. The van der Waals surface area contributed by atoms with Gasteiger partial charge in [-0.15, -0.1) is 0 Å². The van der Waals surface area contributed by atoms with Crippen LogP contribution in [0.4, 0.5) is 14.5 Å². The second-order valence-electron chi connectivity index (χ2n) is 4.62. The molecule has 0 radical (unpaired) electrons. The fourth-order valence-electron chi connectivity index (χ4n) is 1.90. The van der Waals surface area contributed by atoms with E-state index < -0.39 is 5.82 Å². The number of nitrogens with one attached hydrogen (secondary N) is 1. The predicted octanol–water partition coefficient (Wildman–Crippen LogP) is 5.86. The Morgan fingerprint density at radius 2 is 1.85 bits per heavy atom. The van der Waals surface area contributed by atoms with E-state index in [1.807, 2.05) is 13.8 Å². The first-order valence-electron chi connectivity index (χ1n) is 6.05. The van der Waals surface area contributed by atoms with E-state index >= 15 is 0 Å². The average Bonchev–Trinajstić information content (AvgIpc) is 2.39. The van der Waals surface area contributed by atoms with E-state index in [-0.39, 0.29) is 16.9 Å². The minimum atomic E-state index is -0.441. The van der Waals surface area contributed by atoms with Gasteiger partial charge in [0.05, 0.1) is 9.50 Å². The molecule has 1 nitrogen and oxygen atoms in total. The molecule has 5 heteroatoms. The van der Waals surface area contributed by atoms with E-state index in [1.165, 1.54) is 12.1 Å². The van der Waals surface area contributed by atoms with Crippen LogP contribution >= 0.6 is 27.5 Å². The second kappa shape index (κ2) is 6.10. The van der Waals surface area contributed by atoms with Crippen molar-refractivity contribution in [2.24, 2.45) is 0 Å². The van der Waals surface area contributed by atoms with E-state index in [2.05, 4.69) is 21.2 Å². The van der Waals surface area contributed by atoms with Gasteiger partial charge in [0, 0.05) is 11.7 Å². The third-order valence-corrected chi connectivity index (χ3v) is 3.98. The van der Waals surface area contributed by atoms with Crippen LogP contribution in [-0.2, 0) is 0 Å². The van der Waals surface area contributed by atoms with Crippen LogP contribution in [0.3, 0.4) is 0 Å². The maximum absolute atomic E-state index is 13.4. The van der Waals surface area contributed by atoms with Crippen LogP contribution in [-0.4, -0.2) is 0 Å². The number of hydrogen-bond donors (Lipinski definition) is 1. The highest BCUT2D eigenvalue weighted by Gasteiger charge is 2.11. The molecule has 0 aromatic heterocycles. The van der Waals surface area contributed by atoms with Gasteiger partial charge in [0.15, 0.2) is 0 Å². The van der Waals surface area contributed by atoms with Gasteiger partial charge in [-0.1, -0.05) is 17.7 Å². The second-order valence-corrected chi connectivity index (χ2v) is 5.88. The molecule has 0 saturated heterocycles. The largest absolute Gasteiger partial charge is 0.378 e. The summed E-state index contributed by atoms with van der Waals surface area (Å²) in [6.07, 6.45) is 0. The lowest BCUT2D eigenvalue weighted by Gasteiger charge is -2.18. The number of hydrogen-bond acceptors (Lipinski definition) is 1. The van der Waals surface area contributed by atoms with E-state index in [9.17, 15) is 8.78 Å². The van der Waals surface area contributed by atoms with Gasteiger partial charge < -0.3 is 5.32 Å². The van der Waals surface area contributed by atoms with Gasteiger partial charge >= 0.3 is 0 Å². The molecule has 0 aliphatic heterocycles. The summed E-state index contributed by atoms with van der Waals surface area (Å²) in [4.78, 5) is 0. The van der Waals surface area contributed by atoms with Crippen LogP contribution in [0.1, 0.15) is 24.1 Å². The third-order valence-electron chi connectivity index (χ3n) is 3.08. The predicted molar refractivity (Wildman–Crippen MR) is 82.3 cm³/mol. The van der Waals surface area contributed by atoms with Gasteiger partial charge in [-0.25, -0.2) is 8.78 Å². The van der Waals surface area contributed by atoms with Gasteiger partial charge in [0.2, 0.25) is 0 Å². The SMILES string of the molecule is Cc1cc(F)c(Br)cc1NC(C)c1ccc(F)c(Cl)c1. The molecular formula is C15H13BrClF2N. The number of rotatable bonds is 3. The number of benzene rings is 2. The molecule has 0 fully saturated rings. The van der Waals surface area contributed by atoms with Crippen LogP contribution in [0.2, 0.25) is 5.02 Å². The van der Waals surface area contributed by atoms with Crippen molar-refractivity contribution in [1.82, 2.24) is 0 Å². The fraction of sp³-hybridized carbons (Fsp3) is 0.200. The van der Waals surface area contributed by atoms with E-state index in [0.717, 1.165) is 16.8 Å². The Morgan fingerprint density at radius 3 is 2.50 bits per heavy atom. The summed E-state index contributed by atoms with van der Waals surface area (Å²) in [6.45, 7) is 3.75. The first-order valence-corrected chi connectivity index (χ1v) is 7.22. The fourth-order valence-corrected chi connectivity index (χ4v) is 2.43. The Bertz CT molecular complexity index is 646. The maximum atomic E-state index is 13.4. The number of halogens is 4. The van der Waals surface area contributed by atoms with Gasteiger partial charge in [-0.05, 0) is 65.2 Å². The average molecular weight is 361 g/mol. The topological polar surface area (TPSA) is 12.0 Å². The zero-order chi connectivity index (χ0) is 14.9. The monoisotopic (exact) mass is 359 g/mol. The van der Waals surface area contributed by atoms with Crippen molar-refractivity contribution in [3.63, 3.8) is 0 Å². The highest BCUT2D eigenvalue weighted by atomic mass is 79.9. The van der Waals surface area contributed by atoms with E-state index in [1.54, 1.807) is 18.2 Å². The Morgan fingerprint density at radius 1 is 1.15 bits per heavy atom. The maximum Gasteiger partial charge on any atom is 0.141 e. The molecule has 1 atom stereocenters. The lowest BCUT2D eigenvalue weighted by molar-refractivity contribution is 0.619. The summed E-state index contributed by atoms with van der Waals surface area (Å²) in [5.74, 6) is -0.742. The van der Waals surface area contributed by atoms with Crippen molar-refractivity contribution in [2.75, 3.05) is 5.32 Å². The van der Waals surface area contributed by atoms with Crippen molar-refractivity contribution < 1.29 is 8.78 Å². The van der Waals surface area contributed by atoms with E-state index in [4.69, 9.17) is 11.6 Å². The summed E-state index contributed by atoms with van der Waals surface area (Å²) in [7, 11) is 0. The smallest absolute Gasteiger partial charge is 0.141 e. The molecule has 1 unspecified atom stereocenters. The highest BCUT2D eigenvalue weighted by Crippen LogP contribution is 2.28. The molecule has 0 bridgehead atoms. The summed E-state index contributed by atoms with van der Waals surface area (Å²) in [6, 6.07) is 7.66. The third kappa shape index (κ3) is 3.30. The van der Waals surface area contributed by atoms with Gasteiger partial charge in [0.25, 0.3) is 0 Å². The Balaban J connectivity index is 2.25. The quantitative estimate of drug-likeness (QED) is 0.722. The molecule has 0 amide bonds. The van der Waals surface area contributed by atoms with Gasteiger partial charge in [-0.3, -0.25) is 0 Å². The zero-order valence-corrected chi connectivity index (χ0v) is 13.3. The van der Waals surface area contributed by atoms with Crippen LogP contribution in [0.5, 0.6) is 0 Å². The first kappa shape index (κ1) is 15.3. The Labute approximate surface area is 130 Å². The highest BCUT2D eigenvalue weighted by molar-refractivity contribution is 9.10. The Kier molecular flexibility index (Phi) is 4.66.